The Bertz CT molecular complexity index is 594. The Balaban J connectivity index is 1.88. The lowest BCUT2D eigenvalue weighted by Crippen LogP contribution is -2.28. The maximum Gasteiger partial charge on any atom is 0.0945 e. The molecule has 3 rings (SSSR count). The van der Waals surface area contributed by atoms with E-state index in [2.05, 4.69) is 78.2 Å². The Labute approximate surface area is 142 Å². The number of benzene rings is 1. The van der Waals surface area contributed by atoms with Crippen molar-refractivity contribution in [1.29, 1.82) is 0 Å². The minimum absolute atomic E-state index is 0.188. The third-order valence-corrected chi connectivity index (χ3v) is 8.11. The first-order valence-electron chi connectivity index (χ1n) is 7.90. The van der Waals surface area contributed by atoms with Gasteiger partial charge in [-0.25, -0.2) is 4.98 Å². The topological polar surface area (TPSA) is 17.8 Å². The van der Waals surface area contributed by atoms with Gasteiger partial charge in [0.25, 0.3) is 0 Å². The van der Waals surface area contributed by atoms with Crippen LogP contribution in [0, 0.1) is 19.8 Å². The number of aromatic nitrogens is 2. The molecule has 2 heterocycles. The summed E-state index contributed by atoms with van der Waals surface area (Å²) in [5.41, 5.74) is 4.24. The van der Waals surface area contributed by atoms with Crippen LogP contribution >= 0.6 is 23.5 Å². The van der Waals surface area contributed by atoms with Crippen molar-refractivity contribution < 1.29 is 0 Å². The molecule has 0 unspecified atom stereocenters. The van der Waals surface area contributed by atoms with Gasteiger partial charge in [0.15, 0.2) is 0 Å². The highest BCUT2D eigenvalue weighted by molar-refractivity contribution is 8.18. The summed E-state index contributed by atoms with van der Waals surface area (Å²) in [6.45, 7) is 7.81. The fourth-order valence-corrected chi connectivity index (χ4v) is 6.26. The van der Waals surface area contributed by atoms with Crippen LogP contribution in [0.4, 0.5) is 0 Å². The lowest BCUT2D eigenvalue weighted by atomic mass is 10.0. The molecule has 0 radical (unpaired) electrons. The number of nitrogens with zero attached hydrogens (tertiary/aromatic N) is 2. The van der Waals surface area contributed by atoms with Crippen LogP contribution in [0.2, 0.25) is 0 Å². The molecule has 118 valence electrons. The van der Waals surface area contributed by atoms with Crippen molar-refractivity contribution in [2.75, 3.05) is 11.5 Å². The summed E-state index contributed by atoms with van der Waals surface area (Å²) in [7, 11) is 0. The van der Waals surface area contributed by atoms with Crippen molar-refractivity contribution in [3.8, 4) is 0 Å². The zero-order valence-corrected chi connectivity index (χ0v) is 15.2. The largest absolute Gasteiger partial charge is 0.337 e. The zero-order valence-electron chi connectivity index (χ0n) is 13.6. The lowest BCUT2D eigenvalue weighted by Gasteiger charge is -2.39. The third-order valence-electron chi connectivity index (χ3n) is 4.12. The average molecular weight is 333 g/mol. The monoisotopic (exact) mass is 332 g/mol. The molecule has 2 aromatic rings. The summed E-state index contributed by atoms with van der Waals surface area (Å²) in [6, 6.07) is 7.04. The summed E-state index contributed by atoms with van der Waals surface area (Å²) in [5.74, 6) is 3.32. The predicted molar refractivity (Wildman–Crippen MR) is 98.5 cm³/mol. The maximum absolute atomic E-state index is 4.17. The van der Waals surface area contributed by atoms with Gasteiger partial charge in [0.05, 0.1) is 10.4 Å². The molecule has 0 atom stereocenters. The third kappa shape index (κ3) is 3.54. The van der Waals surface area contributed by atoms with Gasteiger partial charge in [-0.15, -0.1) is 23.5 Å². The van der Waals surface area contributed by atoms with Gasteiger partial charge in [0.1, 0.15) is 0 Å². The molecule has 22 heavy (non-hydrogen) atoms. The normalized spacial score (nSPS) is 25.3. The van der Waals surface area contributed by atoms with Crippen molar-refractivity contribution >= 4 is 23.5 Å². The molecule has 1 aliphatic rings. The smallest absolute Gasteiger partial charge is 0.0945 e. The van der Waals surface area contributed by atoms with Crippen LogP contribution in [0.5, 0.6) is 0 Å². The highest BCUT2D eigenvalue weighted by atomic mass is 32.2. The molecule has 0 aliphatic carbocycles. The number of aryl methyl sites for hydroxylation is 3. The van der Waals surface area contributed by atoms with Crippen LogP contribution in [-0.4, -0.2) is 21.1 Å². The highest BCUT2D eigenvalue weighted by Gasteiger charge is 2.37. The average Bonchev–Trinajstić information content (AvgIpc) is 2.99. The van der Waals surface area contributed by atoms with Crippen LogP contribution in [0.25, 0.3) is 0 Å². The molecule has 2 nitrogen and oxygen atoms in total. The van der Waals surface area contributed by atoms with E-state index >= 15 is 0 Å². The van der Waals surface area contributed by atoms with Crippen LogP contribution in [-0.2, 0) is 10.6 Å². The Morgan fingerprint density at radius 3 is 2.45 bits per heavy atom. The Morgan fingerprint density at radius 1 is 1.18 bits per heavy atom. The summed E-state index contributed by atoms with van der Waals surface area (Å²) in [6.07, 6.45) is 7.01. The van der Waals surface area contributed by atoms with Gasteiger partial charge in [0.2, 0.25) is 0 Å². The van der Waals surface area contributed by atoms with Crippen molar-refractivity contribution in [2.45, 2.75) is 37.8 Å². The molecule has 1 fully saturated rings. The fourth-order valence-electron chi connectivity index (χ4n) is 2.99. The second-order valence-electron chi connectivity index (χ2n) is 6.41. The highest BCUT2D eigenvalue weighted by Crippen LogP contribution is 2.54. The van der Waals surface area contributed by atoms with Crippen molar-refractivity contribution in [2.24, 2.45) is 5.92 Å². The first kappa shape index (κ1) is 16.0. The van der Waals surface area contributed by atoms with Gasteiger partial charge in [-0.3, -0.25) is 0 Å². The van der Waals surface area contributed by atoms with Gasteiger partial charge in [-0.05, 0) is 43.3 Å². The molecule has 1 saturated heterocycles. The van der Waals surface area contributed by atoms with E-state index in [1.165, 1.54) is 28.2 Å². The Kier molecular flexibility index (Phi) is 4.88. The van der Waals surface area contributed by atoms with E-state index in [1.54, 1.807) is 0 Å². The number of rotatable bonds is 4. The van der Waals surface area contributed by atoms with E-state index in [0.717, 1.165) is 18.9 Å². The van der Waals surface area contributed by atoms with Crippen LogP contribution in [0.15, 0.2) is 36.9 Å². The lowest BCUT2D eigenvalue weighted by molar-refractivity contribution is 0.602. The molecule has 0 spiro atoms. The summed E-state index contributed by atoms with van der Waals surface area (Å²) >= 11 is 4.28. The first-order valence-corrected chi connectivity index (χ1v) is 9.87. The Morgan fingerprint density at radius 2 is 1.86 bits per heavy atom. The minimum Gasteiger partial charge on any atom is -0.337 e. The summed E-state index contributed by atoms with van der Waals surface area (Å²) in [4.78, 5) is 4.17. The standard InChI is InChI=1S/C18H24N2S2/c1-14-8-15(2)10-17(9-14)18(21-11-16(3)12-22-18)4-6-20-7-5-19-13-20/h5,7-10,13,16H,4,6,11-12H2,1-3H3. The van der Waals surface area contributed by atoms with Crippen molar-refractivity contribution in [3.63, 3.8) is 0 Å². The van der Waals surface area contributed by atoms with E-state index < -0.39 is 0 Å². The predicted octanol–water partition coefficient (Wildman–Crippen LogP) is 4.86. The molecule has 0 bridgehead atoms. The maximum atomic E-state index is 4.17. The molecule has 4 heteroatoms. The van der Waals surface area contributed by atoms with E-state index in [9.17, 15) is 0 Å². The quantitative estimate of drug-likeness (QED) is 0.796. The van der Waals surface area contributed by atoms with E-state index in [4.69, 9.17) is 0 Å². The molecule has 1 aromatic heterocycles. The van der Waals surface area contributed by atoms with Gasteiger partial charge in [0, 0.05) is 18.9 Å². The second-order valence-corrected chi connectivity index (χ2v) is 9.30. The summed E-state index contributed by atoms with van der Waals surface area (Å²) < 4.78 is 2.39. The summed E-state index contributed by atoms with van der Waals surface area (Å²) in [5, 5.41) is 0. The van der Waals surface area contributed by atoms with E-state index in [1.807, 2.05) is 12.5 Å². The number of hydrogen-bond acceptors (Lipinski definition) is 3. The molecule has 0 amide bonds. The minimum atomic E-state index is 0.188. The van der Waals surface area contributed by atoms with Crippen molar-refractivity contribution in [1.82, 2.24) is 9.55 Å². The van der Waals surface area contributed by atoms with Crippen LogP contribution in [0.1, 0.15) is 30.0 Å². The van der Waals surface area contributed by atoms with Crippen molar-refractivity contribution in [3.05, 3.63) is 53.6 Å². The molecular weight excluding hydrogens is 308 g/mol. The number of thioether (sulfide) groups is 2. The zero-order chi connectivity index (χ0) is 15.6. The molecule has 0 N–H and O–H groups in total. The number of imidazole rings is 1. The van der Waals surface area contributed by atoms with E-state index in [-0.39, 0.29) is 4.08 Å². The van der Waals surface area contributed by atoms with Gasteiger partial charge < -0.3 is 4.57 Å². The SMILES string of the molecule is Cc1cc(C)cc(C2(CCn3ccnc3)SCC(C)CS2)c1. The molecule has 0 saturated carbocycles. The van der Waals surface area contributed by atoms with E-state index in [0.29, 0.717) is 0 Å². The second kappa shape index (κ2) is 6.71. The van der Waals surface area contributed by atoms with Crippen LogP contribution < -0.4 is 0 Å². The Hall–Kier alpha value is -0.870. The van der Waals surface area contributed by atoms with Gasteiger partial charge in [-0.1, -0.05) is 36.2 Å². The molecular formula is C18H24N2S2. The van der Waals surface area contributed by atoms with Crippen LogP contribution in [0.3, 0.4) is 0 Å². The van der Waals surface area contributed by atoms with Gasteiger partial charge >= 0.3 is 0 Å². The number of hydrogen-bond donors (Lipinski definition) is 0. The van der Waals surface area contributed by atoms with Gasteiger partial charge in [-0.2, -0.15) is 0 Å². The fraction of sp³-hybridized carbons (Fsp3) is 0.500. The molecule has 1 aromatic carbocycles. The molecule has 1 aliphatic heterocycles. The first-order chi connectivity index (χ1) is 10.6.